The number of nitrogens with zero attached hydrogens (tertiary/aromatic N) is 1. The van der Waals surface area contributed by atoms with Crippen LogP contribution < -0.4 is 10.5 Å². The third-order valence-corrected chi connectivity index (χ3v) is 3.47. The molecular formula is C15H20FN3O. The number of methoxy groups -OCH3 is 1. The van der Waals surface area contributed by atoms with Gasteiger partial charge in [0.2, 0.25) is 0 Å². The smallest absolute Gasteiger partial charge is 0.165 e. The number of rotatable bonds is 5. The highest BCUT2D eigenvalue weighted by Crippen LogP contribution is 2.27. The predicted molar refractivity (Wildman–Crippen MR) is 77.2 cm³/mol. The lowest BCUT2D eigenvalue weighted by Crippen LogP contribution is -2.19. The molecule has 0 saturated carbocycles. The summed E-state index contributed by atoms with van der Waals surface area (Å²) in [5.74, 6) is 1.25. The lowest BCUT2D eigenvalue weighted by molar-refractivity contribution is 0.386. The molecule has 0 radical (unpaired) electrons. The van der Waals surface area contributed by atoms with Crippen LogP contribution in [0.5, 0.6) is 5.75 Å². The van der Waals surface area contributed by atoms with E-state index >= 15 is 0 Å². The summed E-state index contributed by atoms with van der Waals surface area (Å²) in [6.45, 7) is 4.74. The molecule has 1 unspecified atom stereocenters. The molecule has 1 aromatic heterocycles. The topological polar surface area (TPSA) is 63.9 Å². The highest BCUT2D eigenvalue weighted by Gasteiger charge is 2.18. The summed E-state index contributed by atoms with van der Waals surface area (Å²) in [4.78, 5) is 7.60. The quantitative estimate of drug-likeness (QED) is 0.883. The molecule has 1 heterocycles. The highest BCUT2D eigenvalue weighted by atomic mass is 19.1. The summed E-state index contributed by atoms with van der Waals surface area (Å²) in [5.41, 5.74) is 7.30. The Hall–Kier alpha value is -1.88. The van der Waals surface area contributed by atoms with Crippen molar-refractivity contribution < 1.29 is 9.13 Å². The first kappa shape index (κ1) is 14.5. The second kappa shape index (κ2) is 6.05. The van der Waals surface area contributed by atoms with E-state index in [0.717, 1.165) is 17.1 Å². The first-order valence-electron chi connectivity index (χ1n) is 6.65. The number of nitrogens with two attached hydrogens (primary N) is 1. The molecule has 0 aliphatic carbocycles. The van der Waals surface area contributed by atoms with Crippen molar-refractivity contribution in [3.8, 4) is 17.0 Å². The van der Waals surface area contributed by atoms with E-state index < -0.39 is 0 Å². The molecule has 0 fully saturated rings. The van der Waals surface area contributed by atoms with Crippen LogP contribution in [0, 0.1) is 11.7 Å². The summed E-state index contributed by atoms with van der Waals surface area (Å²) >= 11 is 0. The average molecular weight is 277 g/mol. The summed E-state index contributed by atoms with van der Waals surface area (Å²) in [6, 6.07) is 4.84. The molecule has 1 aromatic carbocycles. The van der Waals surface area contributed by atoms with Crippen LogP contribution in [0.1, 0.15) is 25.6 Å². The predicted octanol–water partition coefficient (Wildman–Crippen LogP) is 2.92. The van der Waals surface area contributed by atoms with Gasteiger partial charge in [0.05, 0.1) is 19.0 Å². The van der Waals surface area contributed by atoms with Gasteiger partial charge in [-0.3, -0.25) is 0 Å². The minimum atomic E-state index is -0.389. The summed E-state index contributed by atoms with van der Waals surface area (Å²) < 4.78 is 18.6. The Kier molecular flexibility index (Phi) is 4.39. The summed E-state index contributed by atoms with van der Waals surface area (Å²) in [5, 5.41) is 0. The van der Waals surface area contributed by atoms with Gasteiger partial charge in [-0.05, 0) is 24.1 Å². The maximum Gasteiger partial charge on any atom is 0.165 e. The van der Waals surface area contributed by atoms with Gasteiger partial charge in [0.1, 0.15) is 5.82 Å². The number of ether oxygens (including phenoxy) is 1. The lowest BCUT2D eigenvalue weighted by atomic mass is 9.95. The zero-order valence-electron chi connectivity index (χ0n) is 12.0. The Morgan fingerprint density at radius 3 is 2.70 bits per heavy atom. The minimum Gasteiger partial charge on any atom is -0.494 e. The third-order valence-electron chi connectivity index (χ3n) is 3.47. The van der Waals surface area contributed by atoms with Crippen molar-refractivity contribution in [2.75, 3.05) is 13.7 Å². The van der Waals surface area contributed by atoms with E-state index in [0.29, 0.717) is 12.5 Å². The minimum absolute atomic E-state index is 0.173. The second-order valence-electron chi connectivity index (χ2n) is 5.12. The molecule has 108 valence electrons. The number of hydrogen-bond donors (Lipinski definition) is 2. The van der Waals surface area contributed by atoms with Crippen molar-refractivity contribution in [1.82, 2.24) is 9.97 Å². The Labute approximate surface area is 118 Å². The lowest BCUT2D eigenvalue weighted by Gasteiger charge is -2.15. The molecule has 0 amide bonds. The molecule has 0 saturated heterocycles. The third kappa shape index (κ3) is 2.82. The van der Waals surface area contributed by atoms with E-state index in [1.165, 1.54) is 13.2 Å². The zero-order valence-corrected chi connectivity index (χ0v) is 12.0. The number of hydrogen-bond acceptors (Lipinski definition) is 3. The fourth-order valence-corrected chi connectivity index (χ4v) is 2.21. The van der Waals surface area contributed by atoms with E-state index in [4.69, 9.17) is 10.5 Å². The molecule has 0 aliphatic heterocycles. The number of halogens is 1. The largest absolute Gasteiger partial charge is 0.494 e. The van der Waals surface area contributed by atoms with E-state index in [1.54, 1.807) is 18.3 Å². The van der Waals surface area contributed by atoms with Gasteiger partial charge in [0.25, 0.3) is 0 Å². The van der Waals surface area contributed by atoms with Crippen molar-refractivity contribution in [2.45, 2.75) is 19.8 Å². The number of H-pyrrole nitrogens is 1. The number of aromatic nitrogens is 2. The normalized spacial score (nSPS) is 12.7. The number of imidazole rings is 1. The molecule has 1 atom stereocenters. The first-order chi connectivity index (χ1) is 9.56. The Balaban J connectivity index is 2.31. The van der Waals surface area contributed by atoms with Crippen LogP contribution in [0.4, 0.5) is 4.39 Å². The summed E-state index contributed by atoms with van der Waals surface area (Å²) in [7, 11) is 1.45. The van der Waals surface area contributed by atoms with Crippen molar-refractivity contribution >= 4 is 0 Å². The maximum absolute atomic E-state index is 13.7. The van der Waals surface area contributed by atoms with Gasteiger partial charge in [0.15, 0.2) is 11.6 Å². The van der Waals surface area contributed by atoms with Crippen LogP contribution in [-0.4, -0.2) is 23.6 Å². The second-order valence-corrected chi connectivity index (χ2v) is 5.12. The van der Waals surface area contributed by atoms with E-state index in [2.05, 4.69) is 23.8 Å². The molecule has 5 heteroatoms. The van der Waals surface area contributed by atoms with Gasteiger partial charge in [-0.25, -0.2) is 9.37 Å². The van der Waals surface area contributed by atoms with Gasteiger partial charge in [0, 0.05) is 18.0 Å². The zero-order chi connectivity index (χ0) is 14.7. The highest BCUT2D eigenvalue weighted by molar-refractivity contribution is 5.60. The SMILES string of the molecule is COc1ccc(-c2cnc(C(CN)C(C)C)[nH]2)cc1F. The Morgan fingerprint density at radius 2 is 2.15 bits per heavy atom. The van der Waals surface area contributed by atoms with Gasteiger partial charge >= 0.3 is 0 Å². The van der Waals surface area contributed by atoms with Crippen molar-refractivity contribution in [2.24, 2.45) is 11.7 Å². The van der Waals surface area contributed by atoms with Gasteiger partial charge in [-0.1, -0.05) is 13.8 Å². The van der Waals surface area contributed by atoms with Gasteiger partial charge < -0.3 is 15.5 Å². The number of nitrogens with one attached hydrogen (secondary N) is 1. The van der Waals surface area contributed by atoms with Gasteiger partial charge in [-0.2, -0.15) is 0 Å². The fourth-order valence-electron chi connectivity index (χ4n) is 2.21. The molecule has 2 rings (SSSR count). The van der Waals surface area contributed by atoms with Crippen LogP contribution in [0.2, 0.25) is 0 Å². The van der Waals surface area contributed by atoms with Gasteiger partial charge in [-0.15, -0.1) is 0 Å². The van der Waals surface area contributed by atoms with Crippen molar-refractivity contribution in [3.05, 3.63) is 36.0 Å². The van der Waals surface area contributed by atoms with Crippen LogP contribution >= 0.6 is 0 Å². The Bertz CT molecular complexity index is 580. The standard InChI is InChI=1S/C15H20FN3O/c1-9(2)11(7-17)15-18-8-13(19-15)10-4-5-14(20-3)12(16)6-10/h4-6,8-9,11H,7,17H2,1-3H3,(H,18,19). The maximum atomic E-state index is 13.7. The molecule has 0 bridgehead atoms. The van der Waals surface area contributed by atoms with E-state index in [-0.39, 0.29) is 17.5 Å². The number of aromatic amines is 1. The molecule has 0 aliphatic rings. The molecular weight excluding hydrogens is 257 g/mol. The fraction of sp³-hybridized carbons (Fsp3) is 0.400. The van der Waals surface area contributed by atoms with Crippen molar-refractivity contribution in [1.29, 1.82) is 0 Å². The van der Waals surface area contributed by atoms with Crippen molar-refractivity contribution in [3.63, 3.8) is 0 Å². The monoisotopic (exact) mass is 277 g/mol. The molecule has 4 nitrogen and oxygen atoms in total. The summed E-state index contributed by atoms with van der Waals surface area (Å²) in [6.07, 6.45) is 1.71. The number of benzene rings is 1. The van der Waals surface area contributed by atoms with Crippen LogP contribution in [0.3, 0.4) is 0 Å². The Morgan fingerprint density at radius 1 is 1.40 bits per heavy atom. The molecule has 2 aromatic rings. The molecule has 0 spiro atoms. The van der Waals surface area contributed by atoms with Crippen LogP contribution in [0.25, 0.3) is 11.3 Å². The first-order valence-corrected chi connectivity index (χ1v) is 6.65. The molecule has 20 heavy (non-hydrogen) atoms. The molecule has 3 N–H and O–H groups in total. The van der Waals surface area contributed by atoms with Crippen LogP contribution in [-0.2, 0) is 0 Å². The van der Waals surface area contributed by atoms with Crippen LogP contribution in [0.15, 0.2) is 24.4 Å². The van der Waals surface area contributed by atoms with E-state index in [1.807, 2.05) is 0 Å². The average Bonchev–Trinajstić information content (AvgIpc) is 2.88. The van der Waals surface area contributed by atoms with E-state index in [9.17, 15) is 4.39 Å².